The van der Waals surface area contributed by atoms with Gasteiger partial charge in [-0.3, -0.25) is 9.59 Å². The van der Waals surface area contributed by atoms with Crippen LogP contribution in [0.3, 0.4) is 0 Å². The van der Waals surface area contributed by atoms with Gasteiger partial charge >= 0.3 is 5.97 Å². The monoisotopic (exact) mass is 371 g/mol. The first-order chi connectivity index (χ1) is 12.7. The van der Waals surface area contributed by atoms with E-state index in [1.54, 1.807) is 11.3 Å². The molecule has 1 aliphatic rings. The molecule has 0 aliphatic heterocycles. The summed E-state index contributed by atoms with van der Waals surface area (Å²) in [5, 5.41) is 12.0. The first-order valence-electron chi connectivity index (χ1n) is 8.85. The summed E-state index contributed by atoms with van der Waals surface area (Å²) in [4.78, 5) is 28.9. The first kappa shape index (κ1) is 18.3. The second kappa shape index (κ2) is 8.77. The maximum absolute atomic E-state index is 12.6. The van der Waals surface area contributed by atoms with Gasteiger partial charge in [-0.1, -0.05) is 25.0 Å². The first-order valence-corrected chi connectivity index (χ1v) is 9.66. The highest BCUT2D eigenvalue weighted by molar-refractivity contribution is 7.18. The van der Waals surface area contributed by atoms with Gasteiger partial charge in [0.1, 0.15) is 0 Å². The Morgan fingerprint density at radius 2 is 2.12 bits per heavy atom. The quantitative estimate of drug-likeness (QED) is 0.622. The predicted molar refractivity (Wildman–Crippen MR) is 98.5 cm³/mol. The zero-order chi connectivity index (χ0) is 18.4. The third-order valence-electron chi connectivity index (χ3n) is 4.60. The summed E-state index contributed by atoms with van der Waals surface area (Å²) in [6.45, 7) is -0.0298. The molecule has 1 amide bonds. The van der Waals surface area contributed by atoms with Crippen LogP contribution >= 0.6 is 11.3 Å². The number of thiazole rings is 1. The maximum Gasteiger partial charge on any atom is 0.310 e. The summed E-state index contributed by atoms with van der Waals surface area (Å²) in [6, 6.07) is 9.92. The fraction of sp³-hybridized carbons (Fsp3) is 0.474. The van der Waals surface area contributed by atoms with E-state index in [9.17, 15) is 9.59 Å². The minimum absolute atomic E-state index is 0.0512. The van der Waals surface area contributed by atoms with Crippen LogP contribution in [0.5, 0.6) is 0 Å². The number of esters is 1. The number of carbonyl (C=O) groups is 2. The van der Waals surface area contributed by atoms with Gasteiger partial charge in [-0.2, -0.15) is 5.26 Å². The van der Waals surface area contributed by atoms with Gasteiger partial charge < -0.3 is 10.1 Å². The molecule has 1 saturated carbocycles. The smallest absolute Gasteiger partial charge is 0.310 e. The molecular weight excluding hydrogens is 350 g/mol. The lowest BCUT2D eigenvalue weighted by Gasteiger charge is -2.28. The second-order valence-electron chi connectivity index (χ2n) is 6.38. The minimum Gasteiger partial charge on any atom is -0.455 e. The molecule has 0 saturated heterocycles. The van der Waals surface area contributed by atoms with Crippen molar-refractivity contribution < 1.29 is 14.3 Å². The zero-order valence-corrected chi connectivity index (χ0v) is 15.3. The van der Waals surface area contributed by atoms with Gasteiger partial charge in [-0.15, -0.1) is 11.3 Å². The second-order valence-corrected chi connectivity index (χ2v) is 7.45. The Hall–Kier alpha value is -2.46. The average Bonchev–Trinajstić information content (AvgIpc) is 3.10. The predicted octanol–water partition coefficient (Wildman–Crippen LogP) is 3.14. The summed E-state index contributed by atoms with van der Waals surface area (Å²) < 4.78 is 6.37. The SMILES string of the molecule is N#CCCNC(=O)COC(=O)[C@@H]1CCCC[C@@H]1c1nc2ccccc2s1. The molecule has 6 nitrogen and oxygen atoms in total. The molecule has 1 aromatic heterocycles. The Morgan fingerprint density at radius 1 is 1.31 bits per heavy atom. The number of nitrogens with one attached hydrogen (secondary N) is 1. The van der Waals surface area contributed by atoms with E-state index >= 15 is 0 Å². The van der Waals surface area contributed by atoms with Crippen LogP contribution in [0, 0.1) is 17.2 Å². The fourth-order valence-electron chi connectivity index (χ4n) is 3.31. The van der Waals surface area contributed by atoms with Crippen LogP contribution in [0.25, 0.3) is 10.2 Å². The summed E-state index contributed by atoms with van der Waals surface area (Å²) in [5.74, 6) is -0.906. The number of para-hydroxylation sites is 1. The number of carbonyl (C=O) groups excluding carboxylic acids is 2. The van der Waals surface area contributed by atoms with Gasteiger partial charge in [0.25, 0.3) is 5.91 Å². The van der Waals surface area contributed by atoms with E-state index in [1.165, 1.54) is 0 Å². The third kappa shape index (κ3) is 4.38. The highest BCUT2D eigenvalue weighted by atomic mass is 32.1. The van der Waals surface area contributed by atoms with Crippen molar-refractivity contribution in [2.75, 3.05) is 13.2 Å². The molecule has 136 valence electrons. The molecule has 1 N–H and O–H groups in total. The number of nitriles is 1. The number of ether oxygens (including phenoxy) is 1. The van der Waals surface area contributed by atoms with Crippen LogP contribution in [0.15, 0.2) is 24.3 Å². The van der Waals surface area contributed by atoms with Crippen molar-refractivity contribution in [3.8, 4) is 6.07 Å². The van der Waals surface area contributed by atoms with Gasteiger partial charge in [-0.25, -0.2) is 4.98 Å². The largest absolute Gasteiger partial charge is 0.455 e. The van der Waals surface area contributed by atoms with E-state index in [1.807, 2.05) is 30.3 Å². The van der Waals surface area contributed by atoms with Crippen LogP contribution in [0.2, 0.25) is 0 Å². The van der Waals surface area contributed by atoms with Crippen molar-refractivity contribution >= 4 is 33.4 Å². The summed E-state index contributed by atoms with van der Waals surface area (Å²) >= 11 is 1.63. The fourth-order valence-corrected chi connectivity index (χ4v) is 4.48. The molecule has 3 rings (SSSR count). The van der Waals surface area contributed by atoms with Crippen molar-refractivity contribution in [2.45, 2.75) is 38.0 Å². The molecule has 1 aromatic carbocycles. The molecule has 0 bridgehead atoms. The van der Waals surface area contributed by atoms with E-state index < -0.39 is 0 Å². The van der Waals surface area contributed by atoms with Crippen LogP contribution < -0.4 is 5.32 Å². The molecule has 0 unspecified atom stereocenters. The molecule has 1 aliphatic carbocycles. The van der Waals surface area contributed by atoms with Crippen molar-refractivity contribution in [3.63, 3.8) is 0 Å². The maximum atomic E-state index is 12.6. The van der Waals surface area contributed by atoms with Crippen molar-refractivity contribution in [1.82, 2.24) is 10.3 Å². The molecule has 0 radical (unpaired) electrons. The number of hydrogen-bond donors (Lipinski definition) is 1. The standard InChI is InChI=1S/C19H21N3O3S/c20-10-5-11-21-17(23)12-25-19(24)14-7-2-1-6-13(14)18-22-15-8-3-4-9-16(15)26-18/h3-4,8-9,13-14H,1-2,5-7,11-12H2,(H,21,23)/t13-,14+/m0/s1. The highest BCUT2D eigenvalue weighted by Gasteiger charge is 2.35. The van der Waals surface area contributed by atoms with Gasteiger partial charge in [0, 0.05) is 12.5 Å². The number of fused-ring (bicyclic) bond motifs is 1. The normalized spacial score (nSPS) is 19.7. The van der Waals surface area contributed by atoms with E-state index in [0.717, 1.165) is 40.9 Å². The van der Waals surface area contributed by atoms with E-state index in [0.29, 0.717) is 0 Å². The number of rotatable bonds is 6. The molecule has 2 aromatic rings. The Morgan fingerprint density at radius 3 is 2.92 bits per heavy atom. The molecule has 7 heteroatoms. The van der Waals surface area contributed by atoms with Gasteiger partial charge in [-0.05, 0) is 25.0 Å². The molecular formula is C19H21N3O3S. The summed E-state index contributed by atoms with van der Waals surface area (Å²) in [5.41, 5.74) is 0.960. The van der Waals surface area contributed by atoms with Crippen LogP contribution in [-0.4, -0.2) is 30.0 Å². The highest BCUT2D eigenvalue weighted by Crippen LogP contribution is 2.41. The number of benzene rings is 1. The molecule has 1 fully saturated rings. The Labute approximate surface area is 156 Å². The van der Waals surface area contributed by atoms with Crippen LogP contribution in [0.1, 0.15) is 43.0 Å². The molecule has 0 spiro atoms. The van der Waals surface area contributed by atoms with E-state index in [-0.39, 0.29) is 43.3 Å². The topological polar surface area (TPSA) is 92.1 Å². The van der Waals surface area contributed by atoms with Crippen LogP contribution in [-0.2, 0) is 14.3 Å². The Bertz CT molecular complexity index is 794. The summed E-state index contributed by atoms with van der Waals surface area (Å²) in [7, 11) is 0. The molecule has 2 atom stereocenters. The number of hydrogen-bond acceptors (Lipinski definition) is 6. The Balaban J connectivity index is 1.64. The van der Waals surface area contributed by atoms with Crippen molar-refractivity contribution in [3.05, 3.63) is 29.3 Å². The minimum atomic E-state index is -0.374. The van der Waals surface area contributed by atoms with Gasteiger partial charge in [0.05, 0.1) is 33.6 Å². The Kier molecular flexibility index (Phi) is 6.18. The van der Waals surface area contributed by atoms with Crippen molar-refractivity contribution in [1.29, 1.82) is 5.26 Å². The lowest BCUT2D eigenvalue weighted by molar-refractivity contribution is -0.154. The van der Waals surface area contributed by atoms with Crippen LogP contribution in [0.4, 0.5) is 0 Å². The number of aromatic nitrogens is 1. The molecule has 1 heterocycles. The zero-order valence-electron chi connectivity index (χ0n) is 14.4. The van der Waals surface area contributed by atoms with Gasteiger partial charge in [0.15, 0.2) is 6.61 Å². The lowest BCUT2D eigenvalue weighted by Crippen LogP contribution is -2.33. The average molecular weight is 371 g/mol. The van der Waals surface area contributed by atoms with E-state index in [4.69, 9.17) is 15.0 Å². The number of nitrogens with zero attached hydrogens (tertiary/aromatic N) is 2. The third-order valence-corrected chi connectivity index (χ3v) is 5.77. The lowest BCUT2D eigenvalue weighted by atomic mass is 9.79. The summed E-state index contributed by atoms with van der Waals surface area (Å²) in [6.07, 6.45) is 3.96. The number of amides is 1. The van der Waals surface area contributed by atoms with E-state index in [2.05, 4.69) is 5.32 Å². The molecule has 26 heavy (non-hydrogen) atoms. The van der Waals surface area contributed by atoms with Gasteiger partial charge in [0.2, 0.25) is 0 Å². The van der Waals surface area contributed by atoms with Crippen molar-refractivity contribution in [2.24, 2.45) is 5.92 Å².